The molecule has 0 aliphatic carbocycles. The van der Waals surface area contributed by atoms with Crippen LogP contribution in [0.5, 0.6) is 0 Å². The lowest BCUT2D eigenvalue weighted by atomic mass is 9.98. The Kier molecular flexibility index (Phi) is 3.89. The lowest BCUT2D eigenvalue weighted by Gasteiger charge is -2.31. The summed E-state index contributed by atoms with van der Waals surface area (Å²) < 4.78 is 13.4. The van der Waals surface area contributed by atoms with Crippen LogP contribution in [-0.4, -0.2) is 22.4 Å². The van der Waals surface area contributed by atoms with Crippen molar-refractivity contribution in [1.82, 2.24) is 15.1 Å². The van der Waals surface area contributed by atoms with Crippen LogP contribution in [0.2, 0.25) is 0 Å². The van der Waals surface area contributed by atoms with Crippen molar-refractivity contribution in [2.24, 2.45) is 7.05 Å². The molecule has 5 heteroatoms. The molecule has 2 atom stereocenters. The van der Waals surface area contributed by atoms with E-state index in [9.17, 15) is 0 Å². The minimum atomic E-state index is 0.0773. The summed E-state index contributed by atoms with van der Waals surface area (Å²) >= 11 is 0. The number of hydrogen-bond acceptors (Lipinski definition) is 4. The highest BCUT2D eigenvalue weighted by Crippen LogP contribution is 2.28. The lowest BCUT2D eigenvalue weighted by Crippen LogP contribution is -2.38. The Morgan fingerprint density at radius 1 is 1.45 bits per heavy atom. The summed E-state index contributed by atoms with van der Waals surface area (Å²) in [6.07, 6.45) is 6.20. The molecule has 3 heterocycles. The molecule has 0 aromatic carbocycles. The van der Waals surface area contributed by atoms with E-state index in [4.69, 9.17) is 9.15 Å². The molecule has 0 radical (unpaired) electrons. The number of ether oxygens (including phenoxy) is 1. The quantitative estimate of drug-likeness (QED) is 0.930. The summed E-state index contributed by atoms with van der Waals surface area (Å²) in [6.45, 7) is 3.52. The van der Waals surface area contributed by atoms with Crippen LogP contribution in [0.1, 0.15) is 36.0 Å². The topological polar surface area (TPSA) is 52.2 Å². The van der Waals surface area contributed by atoms with Crippen molar-refractivity contribution in [3.05, 3.63) is 41.6 Å². The minimum Gasteiger partial charge on any atom is -0.465 e. The van der Waals surface area contributed by atoms with Gasteiger partial charge in [-0.3, -0.25) is 4.68 Å². The third-order valence-corrected chi connectivity index (χ3v) is 3.71. The fraction of sp³-hybridized carbons (Fsp3) is 0.533. The van der Waals surface area contributed by atoms with Gasteiger partial charge >= 0.3 is 0 Å². The molecule has 0 saturated carbocycles. The van der Waals surface area contributed by atoms with E-state index in [1.165, 1.54) is 0 Å². The van der Waals surface area contributed by atoms with Gasteiger partial charge in [0.1, 0.15) is 17.6 Å². The van der Waals surface area contributed by atoms with E-state index >= 15 is 0 Å². The number of furan rings is 1. The van der Waals surface area contributed by atoms with E-state index in [0.29, 0.717) is 6.04 Å². The second-order valence-electron chi connectivity index (χ2n) is 5.38. The molecular formula is C15H21N3O2. The Labute approximate surface area is 118 Å². The number of hydrogen-bond donors (Lipinski definition) is 1. The second kappa shape index (κ2) is 5.81. The molecule has 1 aliphatic heterocycles. The van der Waals surface area contributed by atoms with Crippen molar-refractivity contribution in [3.63, 3.8) is 0 Å². The molecule has 0 unspecified atom stereocenters. The number of aromatic nitrogens is 2. The highest BCUT2D eigenvalue weighted by atomic mass is 16.5. The Hall–Kier alpha value is -1.59. The molecule has 1 N–H and O–H groups in total. The SMILES string of the molecule is Cc1ccc(CN[C@H]2CCCO[C@@H]2c2cnn(C)c2)o1. The van der Waals surface area contributed by atoms with E-state index in [1.807, 2.05) is 43.2 Å². The highest BCUT2D eigenvalue weighted by molar-refractivity contribution is 5.12. The van der Waals surface area contributed by atoms with Crippen LogP contribution in [0.15, 0.2) is 28.9 Å². The Balaban J connectivity index is 1.66. The number of nitrogens with one attached hydrogen (secondary N) is 1. The number of nitrogens with zero attached hydrogens (tertiary/aromatic N) is 2. The summed E-state index contributed by atoms with van der Waals surface area (Å²) in [7, 11) is 1.93. The molecule has 0 spiro atoms. The van der Waals surface area contributed by atoms with Gasteiger partial charge in [-0.25, -0.2) is 0 Å². The molecule has 2 aromatic rings. The van der Waals surface area contributed by atoms with Crippen LogP contribution >= 0.6 is 0 Å². The Morgan fingerprint density at radius 3 is 3.05 bits per heavy atom. The van der Waals surface area contributed by atoms with E-state index in [-0.39, 0.29) is 6.10 Å². The predicted molar refractivity (Wildman–Crippen MR) is 75.2 cm³/mol. The van der Waals surface area contributed by atoms with E-state index in [2.05, 4.69) is 10.4 Å². The second-order valence-corrected chi connectivity index (χ2v) is 5.38. The van der Waals surface area contributed by atoms with Gasteiger partial charge in [0.2, 0.25) is 0 Å². The zero-order valence-corrected chi connectivity index (χ0v) is 12.0. The first-order valence-electron chi connectivity index (χ1n) is 7.11. The number of rotatable bonds is 4. The molecule has 0 amide bonds. The molecule has 2 aromatic heterocycles. The molecule has 1 fully saturated rings. The summed E-state index contributed by atoms with van der Waals surface area (Å²) in [4.78, 5) is 0. The first-order chi connectivity index (χ1) is 9.72. The first kappa shape index (κ1) is 13.4. The third kappa shape index (κ3) is 2.94. The molecule has 1 saturated heterocycles. The average molecular weight is 275 g/mol. The van der Waals surface area contributed by atoms with Crippen LogP contribution in [0.4, 0.5) is 0 Å². The maximum Gasteiger partial charge on any atom is 0.117 e. The lowest BCUT2D eigenvalue weighted by molar-refractivity contribution is -0.0116. The molecule has 108 valence electrons. The zero-order chi connectivity index (χ0) is 13.9. The van der Waals surface area contributed by atoms with Gasteiger partial charge < -0.3 is 14.5 Å². The minimum absolute atomic E-state index is 0.0773. The molecule has 20 heavy (non-hydrogen) atoms. The van der Waals surface area contributed by atoms with Crippen molar-refractivity contribution in [2.45, 2.75) is 38.5 Å². The van der Waals surface area contributed by atoms with Crippen LogP contribution in [-0.2, 0) is 18.3 Å². The molecule has 5 nitrogen and oxygen atoms in total. The summed E-state index contributed by atoms with van der Waals surface area (Å²) in [6, 6.07) is 4.32. The van der Waals surface area contributed by atoms with Crippen molar-refractivity contribution < 1.29 is 9.15 Å². The van der Waals surface area contributed by atoms with Crippen LogP contribution < -0.4 is 5.32 Å². The first-order valence-corrected chi connectivity index (χ1v) is 7.11. The normalized spacial score (nSPS) is 23.1. The molecule has 0 bridgehead atoms. The zero-order valence-electron chi connectivity index (χ0n) is 12.0. The van der Waals surface area contributed by atoms with Crippen molar-refractivity contribution in [3.8, 4) is 0 Å². The van der Waals surface area contributed by atoms with E-state index in [0.717, 1.165) is 43.1 Å². The maximum atomic E-state index is 5.94. The maximum absolute atomic E-state index is 5.94. The fourth-order valence-corrected chi connectivity index (χ4v) is 2.72. The largest absolute Gasteiger partial charge is 0.465 e. The van der Waals surface area contributed by atoms with Gasteiger partial charge in [-0.1, -0.05) is 0 Å². The van der Waals surface area contributed by atoms with E-state index < -0.39 is 0 Å². The van der Waals surface area contributed by atoms with Gasteiger partial charge in [-0.2, -0.15) is 5.10 Å². The van der Waals surface area contributed by atoms with Crippen LogP contribution in [0.25, 0.3) is 0 Å². The smallest absolute Gasteiger partial charge is 0.117 e. The highest BCUT2D eigenvalue weighted by Gasteiger charge is 2.28. The third-order valence-electron chi connectivity index (χ3n) is 3.71. The van der Waals surface area contributed by atoms with Crippen LogP contribution in [0, 0.1) is 6.92 Å². The van der Waals surface area contributed by atoms with Gasteiger partial charge in [-0.05, 0) is 31.9 Å². The summed E-state index contributed by atoms with van der Waals surface area (Å²) in [5, 5.41) is 7.79. The molecule has 3 rings (SSSR count). The Bertz CT molecular complexity index is 561. The Morgan fingerprint density at radius 2 is 2.35 bits per heavy atom. The fourth-order valence-electron chi connectivity index (χ4n) is 2.72. The average Bonchev–Trinajstić information content (AvgIpc) is 3.06. The predicted octanol–water partition coefficient (Wildman–Crippen LogP) is 2.33. The summed E-state index contributed by atoms with van der Waals surface area (Å²) in [5.41, 5.74) is 1.14. The van der Waals surface area contributed by atoms with Gasteiger partial charge in [0.05, 0.1) is 12.7 Å². The van der Waals surface area contributed by atoms with Crippen molar-refractivity contribution in [2.75, 3.05) is 6.61 Å². The van der Waals surface area contributed by atoms with E-state index in [1.54, 1.807) is 0 Å². The van der Waals surface area contributed by atoms with Gasteiger partial charge in [0.25, 0.3) is 0 Å². The van der Waals surface area contributed by atoms with Crippen molar-refractivity contribution in [1.29, 1.82) is 0 Å². The van der Waals surface area contributed by atoms with Gasteiger partial charge in [0.15, 0.2) is 0 Å². The van der Waals surface area contributed by atoms with Crippen LogP contribution in [0.3, 0.4) is 0 Å². The molecule has 1 aliphatic rings. The molecular weight excluding hydrogens is 254 g/mol. The standard InChI is InChI=1S/C15H21N3O2/c1-11-5-6-13(20-11)9-16-14-4-3-7-19-15(14)12-8-17-18(2)10-12/h5-6,8,10,14-16H,3-4,7,9H2,1-2H3/t14-,15+/m0/s1. The van der Waals surface area contributed by atoms with Gasteiger partial charge in [0, 0.05) is 31.5 Å². The van der Waals surface area contributed by atoms with Gasteiger partial charge in [-0.15, -0.1) is 0 Å². The van der Waals surface area contributed by atoms with Crippen molar-refractivity contribution >= 4 is 0 Å². The number of aryl methyl sites for hydroxylation is 2. The summed E-state index contributed by atoms with van der Waals surface area (Å²) in [5.74, 6) is 1.92. The monoisotopic (exact) mass is 275 g/mol.